The van der Waals surface area contributed by atoms with Crippen LogP contribution in [-0.4, -0.2) is 54.0 Å². The van der Waals surface area contributed by atoms with Crippen LogP contribution in [0.15, 0.2) is 30.3 Å². The number of urea groups is 1. The lowest BCUT2D eigenvalue weighted by Crippen LogP contribution is -2.55. The van der Waals surface area contributed by atoms with Crippen LogP contribution in [0.25, 0.3) is 0 Å². The van der Waals surface area contributed by atoms with Crippen molar-refractivity contribution in [3.63, 3.8) is 0 Å². The third kappa shape index (κ3) is 5.39. The number of carbonyl (C=O) groups is 2. The Hall–Kier alpha value is -1.79. The zero-order valence-electron chi connectivity index (χ0n) is 16.7. The first kappa shape index (κ1) is 22.5. The fourth-order valence-electron chi connectivity index (χ4n) is 4.29. The van der Waals surface area contributed by atoms with Gasteiger partial charge in [0.15, 0.2) is 0 Å². The van der Waals surface area contributed by atoms with Gasteiger partial charge in [0.25, 0.3) is 0 Å². The number of hydrogen-bond donors (Lipinski definition) is 2. The largest absolute Gasteiger partial charge is 0.349 e. The number of rotatable bonds is 5. The van der Waals surface area contributed by atoms with Gasteiger partial charge < -0.3 is 20.9 Å². The molecule has 3 N–H and O–H groups in total. The van der Waals surface area contributed by atoms with E-state index in [1.165, 1.54) is 0 Å². The summed E-state index contributed by atoms with van der Waals surface area (Å²) in [6.45, 7) is 2.37. The summed E-state index contributed by atoms with van der Waals surface area (Å²) >= 11 is 0. The molecule has 7 heteroatoms. The summed E-state index contributed by atoms with van der Waals surface area (Å²) in [5.41, 5.74) is 6.85. The van der Waals surface area contributed by atoms with Gasteiger partial charge in [-0.2, -0.15) is 0 Å². The maximum Gasteiger partial charge on any atom is 0.320 e. The zero-order chi connectivity index (χ0) is 19.3. The number of hydrogen-bond acceptors (Lipinski definition) is 3. The lowest BCUT2D eigenvalue weighted by molar-refractivity contribution is -0.128. The number of amides is 3. The molecular formula is C21H33ClN4O2. The Kier molecular flexibility index (Phi) is 8.13. The molecule has 1 aromatic carbocycles. The number of carbonyl (C=O) groups excluding carboxylic acids is 2. The second-order valence-corrected chi connectivity index (χ2v) is 8.07. The molecule has 28 heavy (non-hydrogen) atoms. The molecule has 0 aromatic heterocycles. The summed E-state index contributed by atoms with van der Waals surface area (Å²) in [5.74, 6) is 0.101. The van der Waals surface area contributed by atoms with E-state index in [0.29, 0.717) is 26.2 Å². The minimum absolute atomic E-state index is 0. The van der Waals surface area contributed by atoms with E-state index in [4.69, 9.17) is 5.73 Å². The number of nitrogens with one attached hydrogen (secondary N) is 1. The van der Waals surface area contributed by atoms with Crippen LogP contribution < -0.4 is 11.1 Å². The summed E-state index contributed by atoms with van der Waals surface area (Å²) in [5, 5.41) is 3.23. The van der Waals surface area contributed by atoms with Gasteiger partial charge in [0.1, 0.15) is 0 Å². The second-order valence-electron chi connectivity index (χ2n) is 8.07. The maximum absolute atomic E-state index is 12.7. The summed E-state index contributed by atoms with van der Waals surface area (Å²) in [7, 11) is 1.83. The van der Waals surface area contributed by atoms with Crippen molar-refractivity contribution in [3.05, 3.63) is 35.9 Å². The highest BCUT2D eigenvalue weighted by Gasteiger charge is 2.37. The van der Waals surface area contributed by atoms with Crippen LogP contribution in [0.3, 0.4) is 0 Å². The van der Waals surface area contributed by atoms with Crippen molar-refractivity contribution in [1.29, 1.82) is 0 Å². The van der Waals surface area contributed by atoms with Gasteiger partial charge in [0.05, 0.1) is 5.54 Å². The van der Waals surface area contributed by atoms with E-state index in [-0.39, 0.29) is 35.8 Å². The fraction of sp³-hybridized carbons (Fsp3) is 0.619. The standard InChI is InChI=1S/C21H32N4O2.ClH/c1-24(15-17-7-3-2-4-8-17)20(27)25-13-9-18(10-14-25)19(26)23-21(16-22)11-5-6-12-21;/h2-4,7-8,18H,5-6,9-16,22H2,1H3,(H,23,26);1H. The quantitative estimate of drug-likeness (QED) is 0.786. The molecule has 2 aliphatic rings. The number of benzene rings is 1. The first-order chi connectivity index (χ1) is 13.0. The first-order valence-electron chi connectivity index (χ1n) is 10.1. The van der Waals surface area contributed by atoms with E-state index < -0.39 is 0 Å². The highest BCUT2D eigenvalue weighted by molar-refractivity contribution is 5.85. The molecule has 0 spiro atoms. The minimum atomic E-state index is -0.195. The summed E-state index contributed by atoms with van der Waals surface area (Å²) < 4.78 is 0. The van der Waals surface area contributed by atoms with Crippen molar-refractivity contribution in [2.75, 3.05) is 26.7 Å². The van der Waals surface area contributed by atoms with Gasteiger partial charge in [-0.25, -0.2) is 4.79 Å². The topological polar surface area (TPSA) is 78.7 Å². The van der Waals surface area contributed by atoms with Crippen LogP contribution in [-0.2, 0) is 11.3 Å². The second kappa shape index (κ2) is 10.1. The highest BCUT2D eigenvalue weighted by Crippen LogP contribution is 2.30. The molecule has 1 heterocycles. The van der Waals surface area contributed by atoms with Gasteiger partial charge in [-0.15, -0.1) is 12.4 Å². The van der Waals surface area contributed by atoms with Gasteiger partial charge in [-0.1, -0.05) is 43.2 Å². The Bertz CT molecular complexity index is 641. The first-order valence-corrected chi connectivity index (χ1v) is 10.1. The van der Waals surface area contributed by atoms with Crippen molar-refractivity contribution in [1.82, 2.24) is 15.1 Å². The van der Waals surface area contributed by atoms with Crippen molar-refractivity contribution < 1.29 is 9.59 Å². The van der Waals surface area contributed by atoms with E-state index in [1.54, 1.807) is 4.90 Å². The molecule has 2 fully saturated rings. The Balaban J connectivity index is 0.00000280. The molecule has 1 aliphatic heterocycles. The monoisotopic (exact) mass is 408 g/mol. The zero-order valence-corrected chi connectivity index (χ0v) is 17.5. The third-order valence-electron chi connectivity index (χ3n) is 6.07. The van der Waals surface area contributed by atoms with Crippen molar-refractivity contribution in [2.45, 2.75) is 50.6 Å². The number of halogens is 1. The number of piperidine rings is 1. The lowest BCUT2D eigenvalue weighted by atomic mass is 9.92. The van der Waals surface area contributed by atoms with Crippen LogP contribution in [0.4, 0.5) is 4.79 Å². The van der Waals surface area contributed by atoms with Crippen molar-refractivity contribution >= 4 is 24.3 Å². The van der Waals surface area contributed by atoms with Gasteiger partial charge in [-0.05, 0) is 31.2 Å². The predicted octanol–water partition coefficient (Wildman–Crippen LogP) is 2.76. The Morgan fingerprint density at radius 1 is 1.18 bits per heavy atom. The van der Waals surface area contributed by atoms with E-state index in [1.807, 2.05) is 42.3 Å². The summed E-state index contributed by atoms with van der Waals surface area (Å²) in [4.78, 5) is 29.0. The molecule has 0 atom stereocenters. The van der Waals surface area contributed by atoms with Gasteiger partial charge in [0, 0.05) is 39.1 Å². The predicted molar refractivity (Wildman–Crippen MR) is 113 cm³/mol. The molecule has 156 valence electrons. The molecular weight excluding hydrogens is 376 g/mol. The molecule has 1 saturated heterocycles. The van der Waals surface area contributed by atoms with E-state index in [2.05, 4.69) is 5.32 Å². The maximum atomic E-state index is 12.7. The average molecular weight is 409 g/mol. The van der Waals surface area contributed by atoms with Gasteiger partial charge in [0.2, 0.25) is 5.91 Å². The molecule has 6 nitrogen and oxygen atoms in total. The van der Waals surface area contributed by atoms with E-state index >= 15 is 0 Å². The molecule has 0 unspecified atom stereocenters. The van der Waals surface area contributed by atoms with E-state index in [0.717, 1.165) is 44.1 Å². The fourth-order valence-corrected chi connectivity index (χ4v) is 4.29. The summed E-state index contributed by atoms with van der Waals surface area (Å²) in [6.07, 6.45) is 5.68. The SMILES string of the molecule is CN(Cc1ccccc1)C(=O)N1CCC(C(=O)NC2(CN)CCCC2)CC1.Cl. The highest BCUT2D eigenvalue weighted by atomic mass is 35.5. The Morgan fingerprint density at radius 3 is 2.36 bits per heavy atom. The van der Waals surface area contributed by atoms with E-state index in [9.17, 15) is 9.59 Å². The van der Waals surface area contributed by atoms with Crippen LogP contribution >= 0.6 is 12.4 Å². The molecule has 3 rings (SSSR count). The van der Waals surface area contributed by atoms with Crippen LogP contribution in [0.1, 0.15) is 44.1 Å². The molecule has 0 bridgehead atoms. The number of nitrogens with zero attached hydrogens (tertiary/aromatic N) is 2. The Morgan fingerprint density at radius 2 is 1.79 bits per heavy atom. The normalized spacial score (nSPS) is 19.0. The lowest BCUT2D eigenvalue weighted by Gasteiger charge is -2.36. The van der Waals surface area contributed by atoms with Crippen molar-refractivity contribution in [3.8, 4) is 0 Å². The average Bonchev–Trinajstić information content (AvgIpc) is 3.17. The molecule has 3 amide bonds. The molecule has 0 radical (unpaired) electrons. The molecule has 1 aliphatic carbocycles. The minimum Gasteiger partial charge on any atom is -0.349 e. The van der Waals surface area contributed by atoms with Gasteiger partial charge >= 0.3 is 6.03 Å². The van der Waals surface area contributed by atoms with Crippen LogP contribution in [0.2, 0.25) is 0 Å². The Labute approximate surface area is 174 Å². The van der Waals surface area contributed by atoms with Crippen molar-refractivity contribution in [2.24, 2.45) is 11.7 Å². The number of likely N-dealkylation sites (tertiary alicyclic amines) is 1. The van der Waals surface area contributed by atoms with Crippen LogP contribution in [0.5, 0.6) is 0 Å². The molecule has 1 aromatic rings. The smallest absolute Gasteiger partial charge is 0.320 e. The summed E-state index contributed by atoms with van der Waals surface area (Å²) in [6, 6.07) is 10.0. The third-order valence-corrected chi connectivity index (χ3v) is 6.07. The number of nitrogens with two attached hydrogens (primary N) is 1. The molecule has 1 saturated carbocycles. The van der Waals surface area contributed by atoms with Crippen LogP contribution in [0, 0.1) is 5.92 Å². The van der Waals surface area contributed by atoms with Gasteiger partial charge in [-0.3, -0.25) is 4.79 Å².